The van der Waals surface area contributed by atoms with Gasteiger partial charge in [0.15, 0.2) is 28.9 Å². The summed E-state index contributed by atoms with van der Waals surface area (Å²) in [6.45, 7) is 5.97. The molecule has 0 fully saturated rings. The Kier molecular flexibility index (Phi) is 26.2. The molecule has 0 aliphatic carbocycles. The third-order valence-electron chi connectivity index (χ3n) is 21.3. The van der Waals surface area contributed by atoms with E-state index in [0.29, 0.717) is 84.4 Å². The van der Waals surface area contributed by atoms with Crippen LogP contribution in [-0.4, -0.2) is 50.2 Å². The molecule has 0 amide bonds. The van der Waals surface area contributed by atoms with E-state index in [1.807, 2.05) is 203 Å². The van der Waals surface area contributed by atoms with Crippen molar-refractivity contribution in [3.8, 4) is 119 Å². The SMILES string of the molecule is COc1ccc(-c2ccc(-c3ccc(Oc4ccc(C(=O)c5ccc(C(=O)c6ccc(C)cc6)cc5)cc4)cc3)cc2)cc1.COc1ccc(-c2ccc(-c3ccc(Oc4ccc(C(=O)c5ccc(C)cc5)cc4)cc3)cc2)cc1.COc1ccc(-c2ccc(-c3ccc(Oc4ccc(C(=O)c5cccc(C(=O)c6ccc(C)cc6)c5)cc4)cc3)cc2)cc1. The standard InChI is InChI=1S/2C40H30O4.C33H26O3/c1-27-3-5-32(6-4-27)39(41)33-11-13-34(14-12-33)40(42)35-19-25-38(26-20-35)44-37-23-17-31(18-24-37)29-9-7-28(8-10-29)30-15-21-36(43-2)22-16-30;1-27-6-8-32(9-7-27)39(41)34-4-3-5-35(26-34)40(42)33-18-24-38(25-19-33)44-37-22-16-31(17-23-37)29-12-10-28(11-13-29)30-14-20-36(43-2)21-15-30;1-23-3-5-28(6-4-23)33(34)29-15-21-32(22-16-29)36-31-19-13-27(14-20-31)25-9-7-24(8-10-25)26-11-17-30(35-2)18-12-26/h2*3-26H,1-2H3;3-22H,1-2H3. The van der Waals surface area contributed by atoms with Gasteiger partial charge in [-0.1, -0.05) is 278 Å². The highest BCUT2D eigenvalue weighted by Crippen LogP contribution is 2.35. The Hall–Kier alpha value is -16.1. The van der Waals surface area contributed by atoms with Crippen molar-refractivity contribution in [2.75, 3.05) is 21.3 Å². The normalized spacial score (nSPS) is 10.7. The topological polar surface area (TPSA) is 141 Å². The van der Waals surface area contributed by atoms with Crippen molar-refractivity contribution in [2.45, 2.75) is 20.8 Å². The van der Waals surface area contributed by atoms with E-state index >= 15 is 0 Å². The lowest BCUT2D eigenvalue weighted by Gasteiger charge is -2.09. The summed E-state index contributed by atoms with van der Waals surface area (Å²) in [5.41, 5.74) is 22.4. The fourth-order valence-corrected chi connectivity index (χ4v) is 14.0. The van der Waals surface area contributed by atoms with Crippen LogP contribution >= 0.6 is 0 Å². The van der Waals surface area contributed by atoms with Crippen LogP contribution in [0, 0.1) is 20.8 Å². The zero-order chi connectivity index (χ0) is 85.8. The number of hydrogen-bond acceptors (Lipinski definition) is 11. The molecule has 0 spiro atoms. The maximum Gasteiger partial charge on any atom is 0.193 e. The molecule has 0 saturated carbocycles. The van der Waals surface area contributed by atoms with Gasteiger partial charge in [0.25, 0.3) is 0 Å². The average molecular weight is 1620 g/mol. The summed E-state index contributed by atoms with van der Waals surface area (Å²) in [5.74, 6) is 6.18. The number of methoxy groups -OCH3 is 3. The molecule has 0 bridgehead atoms. The quantitative estimate of drug-likeness (QED) is 0.0505. The number of hydrogen-bond donors (Lipinski definition) is 0. The first-order chi connectivity index (χ1) is 60.5. The minimum Gasteiger partial charge on any atom is -0.497 e. The van der Waals surface area contributed by atoms with Gasteiger partial charge in [-0.3, -0.25) is 24.0 Å². The largest absolute Gasteiger partial charge is 0.497 e. The minimum atomic E-state index is -0.155. The van der Waals surface area contributed by atoms with E-state index in [0.717, 1.165) is 106 Å². The van der Waals surface area contributed by atoms with Gasteiger partial charge in [-0.15, -0.1) is 0 Å². The van der Waals surface area contributed by atoms with Crippen LogP contribution in [0.1, 0.15) is 96.3 Å². The highest BCUT2D eigenvalue weighted by molar-refractivity contribution is 6.14. The first-order valence-corrected chi connectivity index (χ1v) is 40.5. The van der Waals surface area contributed by atoms with Gasteiger partial charge in [0.05, 0.1) is 21.3 Å². The lowest BCUT2D eigenvalue weighted by atomic mass is 9.97. The summed E-state index contributed by atoms with van der Waals surface area (Å²) in [6, 6.07) is 131. The van der Waals surface area contributed by atoms with Gasteiger partial charge < -0.3 is 28.4 Å². The number of rotatable bonds is 25. The fourth-order valence-electron chi connectivity index (χ4n) is 14.0. The van der Waals surface area contributed by atoms with Crippen LogP contribution in [0.3, 0.4) is 0 Å². The maximum absolute atomic E-state index is 13.2. The van der Waals surface area contributed by atoms with Gasteiger partial charge in [-0.2, -0.15) is 0 Å². The Balaban J connectivity index is 0.000000145. The zero-order valence-corrected chi connectivity index (χ0v) is 69.3. The van der Waals surface area contributed by atoms with E-state index in [-0.39, 0.29) is 28.9 Å². The molecule has 0 radical (unpaired) electrons. The first-order valence-electron chi connectivity index (χ1n) is 40.5. The second-order valence-electron chi connectivity index (χ2n) is 29.8. The fraction of sp³-hybridized carbons (Fsp3) is 0.0531. The molecule has 604 valence electrons. The van der Waals surface area contributed by atoms with Crippen LogP contribution in [0.4, 0.5) is 0 Å². The van der Waals surface area contributed by atoms with Crippen molar-refractivity contribution in [1.82, 2.24) is 0 Å². The van der Waals surface area contributed by atoms with Crippen molar-refractivity contribution >= 4 is 28.9 Å². The van der Waals surface area contributed by atoms with Gasteiger partial charge in [-0.05, 0) is 239 Å². The van der Waals surface area contributed by atoms with Gasteiger partial charge in [-0.25, -0.2) is 0 Å². The summed E-state index contributed by atoms with van der Waals surface area (Å²) in [7, 11) is 5.00. The lowest BCUT2D eigenvalue weighted by molar-refractivity contribution is 0.102. The van der Waals surface area contributed by atoms with E-state index in [1.165, 1.54) is 0 Å². The molecule has 0 N–H and O–H groups in total. The maximum atomic E-state index is 13.2. The second-order valence-corrected chi connectivity index (χ2v) is 29.8. The smallest absolute Gasteiger partial charge is 0.193 e. The average Bonchev–Trinajstić information content (AvgIpc) is 0.849. The highest BCUT2D eigenvalue weighted by Gasteiger charge is 2.18. The van der Waals surface area contributed by atoms with E-state index in [2.05, 4.69) is 109 Å². The van der Waals surface area contributed by atoms with Gasteiger partial charge in [0.1, 0.15) is 51.7 Å². The first kappa shape index (κ1) is 83.0. The minimum absolute atomic E-state index is 0.00362. The molecule has 11 nitrogen and oxygen atoms in total. The summed E-state index contributed by atoms with van der Waals surface area (Å²) in [4.78, 5) is 64.7. The number of aryl methyl sites for hydroxylation is 3. The Labute approximate surface area is 722 Å². The molecular weight excluding hydrogens is 1530 g/mol. The van der Waals surface area contributed by atoms with Crippen LogP contribution in [0.2, 0.25) is 0 Å². The number of carbonyl (C=O) groups is 5. The molecule has 0 unspecified atom stereocenters. The number of benzene rings is 17. The molecular formula is C113H86O11. The molecule has 17 rings (SSSR count). The van der Waals surface area contributed by atoms with E-state index < -0.39 is 0 Å². The predicted octanol–water partition coefficient (Wildman–Crippen LogP) is 27.5. The predicted molar refractivity (Wildman–Crippen MR) is 495 cm³/mol. The molecule has 11 heteroatoms. The van der Waals surface area contributed by atoms with Gasteiger partial charge in [0, 0.05) is 55.6 Å². The zero-order valence-electron chi connectivity index (χ0n) is 69.3. The Morgan fingerprint density at radius 2 is 0.282 bits per heavy atom. The summed E-state index contributed by atoms with van der Waals surface area (Å²) in [6.07, 6.45) is 0. The van der Waals surface area contributed by atoms with Crippen molar-refractivity contribution in [1.29, 1.82) is 0 Å². The van der Waals surface area contributed by atoms with Gasteiger partial charge in [0.2, 0.25) is 0 Å². The molecule has 17 aromatic rings. The van der Waals surface area contributed by atoms with E-state index in [1.54, 1.807) is 143 Å². The molecule has 124 heavy (non-hydrogen) atoms. The summed E-state index contributed by atoms with van der Waals surface area (Å²) < 4.78 is 33.8. The molecule has 0 heterocycles. The number of ketones is 5. The van der Waals surface area contributed by atoms with Crippen LogP contribution in [-0.2, 0) is 0 Å². The highest BCUT2D eigenvalue weighted by atomic mass is 16.5. The van der Waals surface area contributed by atoms with Crippen LogP contribution in [0.25, 0.3) is 66.8 Å². The number of ether oxygens (including phenoxy) is 6. The van der Waals surface area contributed by atoms with E-state index in [4.69, 9.17) is 28.4 Å². The molecule has 0 aliphatic heterocycles. The molecule has 0 atom stereocenters. The third kappa shape index (κ3) is 20.9. The summed E-state index contributed by atoms with van der Waals surface area (Å²) in [5, 5.41) is 0. The van der Waals surface area contributed by atoms with Crippen molar-refractivity contribution < 1.29 is 52.4 Å². The number of carbonyl (C=O) groups excluding carboxylic acids is 5. The molecule has 0 aromatic heterocycles. The molecule has 17 aromatic carbocycles. The molecule has 0 aliphatic rings. The lowest BCUT2D eigenvalue weighted by Crippen LogP contribution is -2.06. The van der Waals surface area contributed by atoms with Crippen molar-refractivity contribution in [3.05, 3.63) is 485 Å². The van der Waals surface area contributed by atoms with Crippen molar-refractivity contribution in [3.63, 3.8) is 0 Å². The third-order valence-corrected chi connectivity index (χ3v) is 21.3. The summed E-state index contributed by atoms with van der Waals surface area (Å²) >= 11 is 0. The Morgan fingerprint density at radius 1 is 0.153 bits per heavy atom. The van der Waals surface area contributed by atoms with Crippen LogP contribution in [0.15, 0.2) is 413 Å². The monoisotopic (exact) mass is 1620 g/mol. The second kappa shape index (κ2) is 39.2. The Bertz CT molecular complexity index is 6510. The van der Waals surface area contributed by atoms with Crippen LogP contribution < -0.4 is 28.4 Å². The van der Waals surface area contributed by atoms with Crippen molar-refractivity contribution in [2.24, 2.45) is 0 Å². The van der Waals surface area contributed by atoms with Gasteiger partial charge >= 0.3 is 0 Å². The Morgan fingerprint density at radius 3 is 0.452 bits per heavy atom. The molecule has 0 saturated heterocycles. The van der Waals surface area contributed by atoms with E-state index in [9.17, 15) is 24.0 Å². The van der Waals surface area contributed by atoms with Crippen LogP contribution in [0.5, 0.6) is 51.7 Å².